The largest absolute Gasteiger partial charge is 0.385 e. The molecule has 1 atom stereocenters. The number of hydrogen-bond donors (Lipinski definition) is 1. The van der Waals surface area contributed by atoms with Gasteiger partial charge in [-0.3, -0.25) is 4.90 Å². The molecule has 0 saturated heterocycles. The van der Waals surface area contributed by atoms with E-state index in [2.05, 4.69) is 18.7 Å². The van der Waals surface area contributed by atoms with Gasteiger partial charge in [0.2, 0.25) is 0 Å². The fraction of sp³-hybridized carbons (Fsp3) is 1.00. The molecule has 0 aromatic carbocycles. The second-order valence-corrected chi connectivity index (χ2v) is 6.60. The summed E-state index contributed by atoms with van der Waals surface area (Å²) in [6.07, 6.45) is 4.71. The summed E-state index contributed by atoms with van der Waals surface area (Å²) < 4.78 is 10.4. The van der Waals surface area contributed by atoms with Gasteiger partial charge >= 0.3 is 0 Å². The Labute approximate surface area is 118 Å². The van der Waals surface area contributed by atoms with Crippen molar-refractivity contribution in [1.82, 2.24) is 4.90 Å². The van der Waals surface area contributed by atoms with Gasteiger partial charge in [0.05, 0.1) is 6.61 Å². The van der Waals surface area contributed by atoms with Crippen LogP contribution in [-0.2, 0) is 9.47 Å². The average molecular weight is 272 g/mol. The summed E-state index contributed by atoms with van der Waals surface area (Å²) >= 11 is 0. The van der Waals surface area contributed by atoms with E-state index in [9.17, 15) is 0 Å². The van der Waals surface area contributed by atoms with Crippen LogP contribution in [0.3, 0.4) is 0 Å². The van der Waals surface area contributed by atoms with Crippen molar-refractivity contribution in [3.8, 4) is 0 Å². The standard InChI is InChI=1S/C15H32N2O2/c1-14(2)6-7-15(12-14,13-16)17(9-11-19-4)8-5-10-18-3/h5-13,16H2,1-4H3. The number of methoxy groups -OCH3 is 2. The third-order valence-electron chi connectivity index (χ3n) is 4.47. The van der Waals surface area contributed by atoms with E-state index in [1.54, 1.807) is 14.2 Å². The van der Waals surface area contributed by atoms with Crippen molar-refractivity contribution < 1.29 is 9.47 Å². The van der Waals surface area contributed by atoms with Crippen molar-refractivity contribution in [2.75, 3.05) is 47.1 Å². The molecule has 1 unspecified atom stereocenters. The van der Waals surface area contributed by atoms with Gasteiger partial charge in [0, 0.05) is 46.0 Å². The molecule has 19 heavy (non-hydrogen) atoms. The molecular formula is C15H32N2O2. The lowest BCUT2D eigenvalue weighted by Crippen LogP contribution is -2.54. The molecule has 0 radical (unpaired) electrons. The van der Waals surface area contributed by atoms with E-state index in [0.29, 0.717) is 5.41 Å². The van der Waals surface area contributed by atoms with E-state index in [1.807, 2.05) is 0 Å². The molecule has 0 bridgehead atoms. The zero-order valence-corrected chi connectivity index (χ0v) is 13.2. The molecule has 0 heterocycles. The van der Waals surface area contributed by atoms with Crippen molar-refractivity contribution in [1.29, 1.82) is 0 Å². The maximum absolute atomic E-state index is 6.15. The highest BCUT2D eigenvalue weighted by molar-refractivity contribution is 5.02. The molecule has 1 fully saturated rings. The summed E-state index contributed by atoms with van der Waals surface area (Å²) in [6.45, 7) is 9.05. The first-order chi connectivity index (χ1) is 8.99. The predicted octanol–water partition coefficient (Wildman–Crippen LogP) is 1.88. The fourth-order valence-corrected chi connectivity index (χ4v) is 3.40. The van der Waals surface area contributed by atoms with Gasteiger partial charge in [0.15, 0.2) is 0 Å². The Hall–Kier alpha value is -0.160. The Morgan fingerprint density at radius 3 is 2.21 bits per heavy atom. The van der Waals surface area contributed by atoms with Crippen molar-refractivity contribution in [3.63, 3.8) is 0 Å². The summed E-state index contributed by atoms with van der Waals surface area (Å²) in [5.41, 5.74) is 6.72. The number of rotatable bonds is 9. The van der Waals surface area contributed by atoms with Crippen LogP contribution in [-0.4, -0.2) is 57.5 Å². The van der Waals surface area contributed by atoms with E-state index in [4.69, 9.17) is 15.2 Å². The summed E-state index contributed by atoms with van der Waals surface area (Å²) in [4.78, 5) is 2.55. The Balaban J connectivity index is 2.69. The Morgan fingerprint density at radius 2 is 1.74 bits per heavy atom. The van der Waals surface area contributed by atoms with Gasteiger partial charge in [-0.15, -0.1) is 0 Å². The Kier molecular flexibility index (Phi) is 6.74. The summed E-state index contributed by atoms with van der Waals surface area (Å²) in [5, 5.41) is 0. The highest BCUT2D eigenvalue weighted by Crippen LogP contribution is 2.46. The van der Waals surface area contributed by atoms with E-state index in [1.165, 1.54) is 19.3 Å². The second kappa shape index (κ2) is 7.58. The molecule has 4 heteroatoms. The first kappa shape index (κ1) is 16.9. The molecule has 0 aromatic rings. The minimum absolute atomic E-state index is 0.162. The number of hydrogen-bond acceptors (Lipinski definition) is 4. The quantitative estimate of drug-likeness (QED) is 0.651. The zero-order chi connectivity index (χ0) is 14.4. The van der Waals surface area contributed by atoms with E-state index < -0.39 is 0 Å². The van der Waals surface area contributed by atoms with Gasteiger partial charge in [-0.1, -0.05) is 13.8 Å². The molecule has 114 valence electrons. The Bertz CT molecular complexity index is 259. The van der Waals surface area contributed by atoms with Crippen LogP contribution in [0.1, 0.15) is 39.5 Å². The molecule has 1 aliphatic rings. The molecule has 1 rings (SSSR count). The fourth-order valence-electron chi connectivity index (χ4n) is 3.40. The molecule has 0 spiro atoms. The molecule has 2 N–H and O–H groups in total. The van der Waals surface area contributed by atoms with Crippen LogP contribution in [0.15, 0.2) is 0 Å². The third-order valence-corrected chi connectivity index (χ3v) is 4.47. The van der Waals surface area contributed by atoms with Crippen LogP contribution in [0.5, 0.6) is 0 Å². The summed E-state index contributed by atoms with van der Waals surface area (Å²) in [5.74, 6) is 0. The maximum atomic E-state index is 6.15. The van der Waals surface area contributed by atoms with Crippen molar-refractivity contribution >= 4 is 0 Å². The number of ether oxygens (including phenoxy) is 2. The van der Waals surface area contributed by atoms with Gasteiger partial charge in [-0.2, -0.15) is 0 Å². The highest BCUT2D eigenvalue weighted by atomic mass is 16.5. The van der Waals surface area contributed by atoms with Crippen LogP contribution >= 0.6 is 0 Å². The number of nitrogens with two attached hydrogens (primary N) is 1. The minimum Gasteiger partial charge on any atom is -0.385 e. The molecule has 4 nitrogen and oxygen atoms in total. The predicted molar refractivity (Wildman–Crippen MR) is 79.4 cm³/mol. The minimum atomic E-state index is 0.162. The normalized spacial score (nSPS) is 26.2. The first-order valence-electron chi connectivity index (χ1n) is 7.43. The van der Waals surface area contributed by atoms with Crippen molar-refractivity contribution in [2.45, 2.75) is 45.1 Å². The van der Waals surface area contributed by atoms with Gasteiger partial charge in [0.1, 0.15) is 0 Å². The zero-order valence-electron chi connectivity index (χ0n) is 13.2. The van der Waals surface area contributed by atoms with Crippen molar-refractivity contribution in [2.24, 2.45) is 11.1 Å². The molecule has 1 saturated carbocycles. The average Bonchev–Trinajstić information content (AvgIpc) is 2.70. The topological polar surface area (TPSA) is 47.7 Å². The van der Waals surface area contributed by atoms with E-state index in [-0.39, 0.29) is 5.54 Å². The molecule has 0 amide bonds. The molecule has 0 aromatic heterocycles. The first-order valence-corrected chi connectivity index (χ1v) is 7.43. The summed E-state index contributed by atoms with van der Waals surface area (Å²) in [6, 6.07) is 0. The van der Waals surface area contributed by atoms with E-state index in [0.717, 1.165) is 39.3 Å². The second-order valence-electron chi connectivity index (χ2n) is 6.60. The highest BCUT2D eigenvalue weighted by Gasteiger charge is 2.45. The third kappa shape index (κ3) is 4.71. The van der Waals surface area contributed by atoms with Crippen LogP contribution in [0.2, 0.25) is 0 Å². The van der Waals surface area contributed by atoms with Crippen LogP contribution in [0.4, 0.5) is 0 Å². The Morgan fingerprint density at radius 1 is 1.05 bits per heavy atom. The van der Waals surface area contributed by atoms with Gasteiger partial charge in [-0.05, 0) is 31.1 Å². The monoisotopic (exact) mass is 272 g/mol. The lowest BCUT2D eigenvalue weighted by atomic mass is 9.86. The SMILES string of the molecule is COCCCN(CCOC)C1(CN)CCC(C)(C)C1. The van der Waals surface area contributed by atoms with Gasteiger partial charge < -0.3 is 15.2 Å². The van der Waals surface area contributed by atoms with Crippen molar-refractivity contribution in [3.05, 3.63) is 0 Å². The van der Waals surface area contributed by atoms with E-state index >= 15 is 0 Å². The molecular weight excluding hydrogens is 240 g/mol. The lowest BCUT2D eigenvalue weighted by Gasteiger charge is -2.42. The number of nitrogens with zero attached hydrogens (tertiary/aromatic N) is 1. The molecule has 1 aliphatic carbocycles. The summed E-state index contributed by atoms with van der Waals surface area (Å²) in [7, 11) is 3.53. The lowest BCUT2D eigenvalue weighted by molar-refractivity contribution is 0.0486. The molecule has 0 aliphatic heterocycles. The maximum Gasteiger partial charge on any atom is 0.0589 e. The van der Waals surface area contributed by atoms with Crippen LogP contribution < -0.4 is 5.73 Å². The van der Waals surface area contributed by atoms with Gasteiger partial charge in [0.25, 0.3) is 0 Å². The smallest absolute Gasteiger partial charge is 0.0589 e. The van der Waals surface area contributed by atoms with Gasteiger partial charge in [-0.25, -0.2) is 0 Å². The van der Waals surface area contributed by atoms with Crippen LogP contribution in [0.25, 0.3) is 0 Å². The van der Waals surface area contributed by atoms with Crippen LogP contribution in [0, 0.1) is 5.41 Å².